The van der Waals surface area contributed by atoms with Crippen LogP contribution in [-0.2, 0) is 0 Å². The highest BCUT2D eigenvalue weighted by molar-refractivity contribution is 7.99. The van der Waals surface area contributed by atoms with E-state index in [1.165, 1.54) is 24.3 Å². The summed E-state index contributed by atoms with van der Waals surface area (Å²) in [7, 11) is 1.84. The maximum atomic E-state index is 4.56. The lowest BCUT2D eigenvalue weighted by molar-refractivity contribution is 0.514. The van der Waals surface area contributed by atoms with Gasteiger partial charge in [0.15, 0.2) is 0 Å². The van der Waals surface area contributed by atoms with Crippen LogP contribution < -0.4 is 15.5 Å². The van der Waals surface area contributed by atoms with Gasteiger partial charge in [0, 0.05) is 26.7 Å². The molecule has 0 amide bonds. The van der Waals surface area contributed by atoms with Crippen LogP contribution in [-0.4, -0.2) is 53.1 Å². The Morgan fingerprint density at radius 2 is 1.76 bits per heavy atom. The molecule has 1 aliphatic heterocycles. The van der Waals surface area contributed by atoms with Crippen molar-refractivity contribution in [1.82, 2.24) is 15.0 Å². The summed E-state index contributed by atoms with van der Waals surface area (Å²) < 4.78 is 0. The number of nitrogens with zero attached hydrogens (tertiary/aromatic N) is 4. The van der Waals surface area contributed by atoms with Crippen molar-refractivity contribution < 1.29 is 0 Å². The average Bonchev–Trinajstić information content (AvgIpc) is 2.55. The molecule has 6 nitrogen and oxygen atoms in total. The first-order valence-electron chi connectivity index (χ1n) is 7.77. The molecule has 0 spiro atoms. The number of hydrogen-bond donors (Lipinski definition) is 2. The standard InChI is InChI=1S/C14H26N6S/c1-4-20(5-2)14-18-12(15-3)17-13(19-14)16-10-11-6-8-21-9-7-11/h11H,4-10H2,1-3H3,(H2,15,16,17,18,19). The second kappa shape index (κ2) is 8.26. The quantitative estimate of drug-likeness (QED) is 0.801. The van der Waals surface area contributed by atoms with Crippen LogP contribution in [0, 0.1) is 5.92 Å². The number of anilines is 3. The predicted molar refractivity (Wildman–Crippen MR) is 91.5 cm³/mol. The SMILES string of the molecule is CCN(CC)c1nc(NC)nc(NCC2CCSCC2)n1. The van der Waals surface area contributed by atoms with Crippen LogP contribution in [0.25, 0.3) is 0 Å². The predicted octanol–water partition coefficient (Wildman–Crippen LogP) is 2.31. The van der Waals surface area contributed by atoms with Gasteiger partial charge in [-0.3, -0.25) is 0 Å². The van der Waals surface area contributed by atoms with Crippen molar-refractivity contribution in [3.63, 3.8) is 0 Å². The van der Waals surface area contributed by atoms with Gasteiger partial charge in [-0.05, 0) is 44.1 Å². The van der Waals surface area contributed by atoms with E-state index in [4.69, 9.17) is 0 Å². The van der Waals surface area contributed by atoms with Gasteiger partial charge in [0.05, 0.1) is 0 Å². The molecule has 1 aromatic heterocycles. The maximum absolute atomic E-state index is 4.56. The van der Waals surface area contributed by atoms with Crippen molar-refractivity contribution in [2.45, 2.75) is 26.7 Å². The zero-order valence-electron chi connectivity index (χ0n) is 13.2. The van der Waals surface area contributed by atoms with Crippen LogP contribution in [0.4, 0.5) is 17.8 Å². The molecule has 0 bridgehead atoms. The zero-order chi connectivity index (χ0) is 15.1. The van der Waals surface area contributed by atoms with Crippen LogP contribution in [0.1, 0.15) is 26.7 Å². The minimum absolute atomic E-state index is 0.619. The second-order valence-corrected chi connectivity index (χ2v) is 6.37. The van der Waals surface area contributed by atoms with Gasteiger partial charge in [-0.1, -0.05) is 0 Å². The summed E-state index contributed by atoms with van der Waals surface area (Å²) in [6, 6.07) is 0. The first kappa shape index (κ1) is 16.1. The molecule has 0 saturated carbocycles. The molecule has 0 aromatic carbocycles. The smallest absolute Gasteiger partial charge is 0.231 e. The molecule has 2 heterocycles. The molecular formula is C14H26N6S. The molecule has 1 saturated heterocycles. The topological polar surface area (TPSA) is 66.0 Å². The average molecular weight is 310 g/mol. The zero-order valence-corrected chi connectivity index (χ0v) is 14.0. The number of rotatable bonds is 7. The van der Waals surface area contributed by atoms with Crippen molar-refractivity contribution in [1.29, 1.82) is 0 Å². The Kier molecular flexibility index (Phi) is 6.35. The van der Waals surface area contributed by atoms with Crippen LogP contribution in [0.3, 0.4) is 0 Å². The van der Waals surface area contributed by atoms with Crippen molar-refractivity contribution >= 4 is 29.6 Å². The lowest BCUT2D eigenvalue weighted by atomic mass is 10.0. The van der Waals surface area contributed by atoms with Crippen LogP contribution in [0.15, 0.2) is 0 Å². The molecule has 2 rings (SSSR count). The molecule has 1 aromatic rings. The number of thioether (sulfide) groups is 1. The van der Waals surface area contributed by atoms with Crippen molar-refractivity contribution in [3.05, 3.63) is 0 Å². The number of hydrogen-bond acceptors (Lipinski definition) is 7. The largest absolute Gasteiger partial charge is 0.357 e. The van der Waals surface area contributed by atoms with Gasteiger partial charge in [0.1, 0.15) is 0 Å². The fourth-order valence-electron chi connectivity index (χ4n) is 2.39. The normalized spacial score (nSPS) is 15.8. The van der Waals surface area contributed by atoms with Crippen molar-refractivity contribution in [2.24, 2.45) is 5.92 Å². The summed E-state index contributed by atoms with van der Waals surface area (Å²) >= 11 is 2.05. The molecule has 118 valence electrons. The third-order valence-corrected chi connectivity index (χ3v) is 4.83. The van der Waals surface area contributed by atoms with E-state index in [-0.39, 0.29) is 0 Å². The monoisotopic (exact) mass is 310 g/mol. The minimum atomic E-state index is 0.619. The molecule has 1 aliphatic rings. The molecular weight excluding hydrogens is 284 g/mol. The highest BCUT2D eigenvalue weighted by Gasteiger charge is 2.15. The number of nitrogens with one attached hydrogen (secondary N) is 2. The third kappa shape index (κ3) is 4.62. The summed E-state index contributed by atoms with van der Waals surface area (Å²) in [4.78, 5) is 15.5. The van der Waals surface area contributed by atoms with E-state index in [1.54, 1.807) is 0 Å². The summed E-state index contributed by atoms with van der Waals surface area (Å²) in [6.45, 7) is 6.95. The van der Waals surface area contributed by atoms with E-state index >= 15 is 0 Å². The molecule has 2 N–H and O–H groups in total. The lowest BCUT2D eigenvalue weighted by Crippen LogP contribution is -2.26. The fourth-order valence-corrected chi connectivity index (χ4v) is 3.59. The molecule has 0 aliphatic carbocycles. The molecule has 7 heteroatoms. The van der Waals surface area contributed by atoms with E-state index < -0.39 is 0 Å². The Morgan fingerprint density at radius 1 is 1.10 bits per heavy atom. The summed E-state index contributed by atoms with van der Waals surface area (Å²) in [5, 5.41) is 6.41. The maximum Gasteiger partial charge on any atom is 0.231 e. The van der Waals surface area contributed by atoms with E-state index in [0.29, 0.717) is 11.9 Å². The summed E-state index contributed by atoms with van der Waals surface area (Å²) in [5.41, 5.74) is 0. The first-order valence-corrected chi connectivity index (χ1v) is 8.92. The van der Waals surface area contributed by atoms with E-state index in [0.717, 1.165) is 31.5 Å². The molecule has 0 radical (unpaired) electrons. The highest BCUT2D eigenvalue weighted by atomic mass is 32.2. The Morgan fingerprint density at radius 3 is 2.38 bits per heavy atom. The van der Waals surface area contributed by atoms with Crippen LogP contribution in [0.2, 0.25) is 0 Å². The first-order chi connectivity index (χ1) is 10.3. The second-order valence-electron chi connectivity index (χ2n) is 5.14. The van der Waals surface area contributed by atoms with Gasteiger partial charge in [0.2, 0.25) is 17.8 Å². The van der Waals surface area contributed by atoms with Crippen molar-refractivity contribution in [3.8, 4) is 0 Å². The van der Waals surface area contributed by atoms with Crippen molar-refractivity contribution in [2.75, 3.05) is 53.7 Å². The van der Waals surface area contributed by atoms with E-state index in [9.17, 15) is 0 Å². The highest BCUT2D eigenvalue weighted by Crippen LogP contribution is 2.23. The van der Waals surface area contributed by atoms with Gasteiger partial charge in [0.25, 0.3) is 0 Å². The van der Waals surface area contributed by atoms with Gasteiger partial charge < -0.3 is 15.5 Å². The van der Waals surface area contributed by atoms with Gasteiger partial charge in [-0.25, -0.2) is 0 Å². The Hall–Kier alpha value is -1.24. The Bertz CT molecular complexity index is 431. The van der Waals surface area contributed by atoms with E-state index in [2.05, 4.69) is 56.1 Å². The van der Waals surface area contributed by atoms with E-state index in [1.807, 2.05) is 7.05 Å². The minimum Gasteiger partial charge on any atom is -0.357 e. The van der Waals surface area contributed by atoms with Crippen LogP contribution >= 0.6 is 11.8 Å². The molecule has 0 atom stereocenters. The summed E-state index contributed by atoms with van der Waals surface area (Å²) in [6.07, 6.45) is 2.56. The Labute approximate surface area is 131 Å². The molecule has 0 unspecified atom stereocenters. The molecule has 21 heavy (non-hydrogen) atoms. The molecule has 1 fully saturated rings. The third-order valence-electron chi connectivity index (χ3n) is 3.78. The Balaban J connectivity index is 2.04. The van der Waals surface area contributed by atoms with Gasteiger partial charge in [-0.15, -0.1) is 0 Å². The summed E-state index contributed by atoms with van der Waals surface area (Å²) in [5.74, 6) is 5.31. The van der Waals surface area contributed by atoms with Crippen LogP contribution in [0.5, 0.6) is 0 Å². The van der Waals surface area contributed by atoms with Gasteiger partial charge >= 0.3 is 0 Å². The fraction of sp³-hybridized carbons (Fsp3) is 0.786. The van der Waals surface area contributed by atoms with Gasteiger partial charge in [-0.2, -0.15) is 26.7 Å². The lowest BCUT2D eigenvalue weighted by Gasteiger charge is -2.22. The number of aromatic nitrogens is 3.